The van der Waals surface area contributed by atoms with Crippen LogP contribution in [0.1, 0.15) is 4.88 Å². The Labute approximate surface area is 102 Å². The molecule has 0 saturated heterocycles. The molecule has 1 heterocycles. The Balaban J connectivity index is 2.49. The van der Waals surface area contributed by atoms with Crippen LogP contribution < -0.4 is 4.74 Å². The number of aromatic nitrogens is 1. The summed E-state index contributed by atoms with van der Waals surface area (Å²) in [6.07, 6.45) is 0. The quantitative estimate of drug-likeness (QED) is 0.917. The SMILES string of the molecule is COc1ccccc1-c1nc(Cl)c(CO)s1. The second-order valence-electron chi connectivity index (χ2n) is 3.09. The molecule has 2 aromatic rings. The van der Waals surface area contributed by atoms with E-state index in [0.29, 0.717) is 10.0 Å². The van der Waals surface area contributed by atoms with E-state index in [1.54, 1.807) is 7.11 Å². The second-order valence-corrected chi connectivity index (χ2v) is 4.53. The van der Waals surface area contributed by atoms with Crippen LogP contribution in [0.5, 0.6) is 5.75 Å². The molecule has 0 unspecified atom stereocenters. The van der Waals surface area contributed by atoms with Gasteiger partial charge >= 0.3 is 0 Å². The van der Waals surface area contributed by atoms with Crippen molar-refractivity contribution in [1.82, 2.24) is 4.98 Å². The normalized spacial score (nSPS) is 10.4. The van der Waals surface area contributed by atoms with E-state index in [-0.39, 0.29) is 6.61 Å². The fourth-order valence-electron chi connectivity index (χ4n) is 1.37. The zero-order chi connectivity index (χ0) is 11.5. The molecule has 0 aliphatic rings. The number of aliphatic hydroxyl groups is 1. The number of methoxy groups -OCH3 is 1. The molecular weight excluding hydrogens is 246 g/mol. The van der Waals surface area contributed by atoms with Crippen LogP contribution in [-0.2, 0) is 6.61 Å². The van der Waals surface area contributed by atoms with Crippen LogP contribution in [0, 0.1) is 0 Å². The van der Waals surface area contributed by atoms with Crippen LogP contribution in [-0.4, -0.2) is 17.2 Å². The largest absolute Gasteiger partial charge is 0.496 e. The molecule has 0 aliphatic carbocycles. The van der Waals surface area contributed by atoms with Crippen molar-refractivity contribution in [3.8, 4) is 16.3 Å². The fraction of sp³-hybridized carbons (Fsp3) is 0.182. The highest BCUT2D eigenvalue weighted by Crippen LogP contribution is 2.35. The summed E-state index contributed by atoms with van der Waals surface area (Å²) < 4.78 is 5.24. The van der Waals surface area contributed by atoms with Crippen LogP contribution in [0.2, 0.25) is 5.15 Å². The zero-order valence-corrected chi connectivity index (χ0v) is 10.2. The summed E-state index contributed by atoms with van der Waals surface area (Å²) in [7, 11) is 1.61. The molecule has 1 N–H and O–H groups in total. The summed E-state index contributed by atoms with van der Waals surface area (Å²) in [5.74, 6) is 0.748. The second kappa shape index (κ2) is 4.82. The van der Waals surface area contributed by atoms with Crippen molar-refractivity contribution in [2.45, 2.75) is 6.61 Å². The number of thiazole rings is 1. The Morgan fingerprint density at radius 3 is 2.81 bits per heavy atom. The lowest BCUT2D eigenvalue weighted by Crippen LogP contribution is -1.86. The summed E-state index contributed by atoms with van der Waals surface area (Å²) in [6.45, 7) is -0.0916. The molecule has 3 nitrogen and oxygen atoms in total. The van der Waals surface area contributed by atoms with Gasteiger partial charge in [-0.3, -0.25) is 0 Å². The van der Waals surface area contributed by atoms with Crippen LogP contribution in [0.3, 0.4) is 0 Å². The maximum absolute atomic E-state index is 9.06. The van der Waals surface area contributed by atoms with Gasteiger partial charge in [-0.2, -0.15) is 0 Å². The Morgan fingerprint density at radius 1 is 1.44 bits per heavy atom. The first kappa shape index (κ1) is 11.4. The molecule has 0 amide bonds. The van der Waals surface area contributed by atoms with Crippen molar-refractivity contribution in [3.63, 3.8) is 0 Å². The molecule has 5 heteroatoms. The van der Waals surface area contributed by atoms with Crippen molar-refractivity contribution in [2.24, 2.45) is 0 Å². The average Bonchev–Trinajstić information content (AvgIpc) is 2.70. The molecule has 16 heavy (non-hydrogen) atoms. The average molecular weight is 256 g/mol. The highest BCUT2D eigenvalue weighted by Gasteiger charge is 2.13. The lowest BCUT2D eigenvalue weighted by molar-refractivity contribution is 0.285. The number of nitrogens with zero attached hydrogens (tertiary/aromatic N) is 1. The van der Waals surface area contributed by atoms with Crippen LogP contribution in [0.15, 0.2) is 24.3 Å². The molecule has 0 spiro atoms. The fourth-order valence-corrected chi connectivity index (χ4v) is 2.52. The molecule has 0 bridgehead atoms. The molecule has 0 fully saturated rings. The van der Waals surface area contributed by atoms with Crippen molar-refractivity contribution in [2.75, 3.05) is 7.11 Å². The molecule has 84 valence electrons. The lowest BCUT2D eigenvalue weighted by atomic mass is 10.2. The molecular formula is C11H10ClNO2S. The first-order valence-electron chi connectivity index (χ1n) is 4.65. The number of ether oxygens (including phenoxy) is 1. The third-order valence-corrected chi connectivity index (χ3v) is 3.63. The third kappa shape index (κ3) is 2.04. The first-order chi connectivity index (χ1) is 7.76. The van der Waals surface area contributed by atoms with Crippen LogP contribution in [0.25, 0.3) is 10.6 Å². The first-order valence-corrected chi connectivity index (χ1v) is 5.85. The van der Waals surface area contributed by atoms with E-state index in [0.717, 1.165) is 16.3 Å². The Bertz CT molecular complexity index is 498. The summed E-state index contributed by atoms with van der Waals surface area (Å²) in [5, 5.41) is 10.2. The van der Waals surface area contributed by atoms with E-state index in [1.165, 1.54) is 11.3 Å². The predicted octanol–water partition coefficient (Wildman–Crippen LogP) is 2.96. The summed E-state index contributed by atoms with van der Waals surface area (Å²) in [5.41, 5.74) is 0.886. The highest BCUT2D eigenvalue weighted by molar-refractivity contribution is 7.15. The Morgan fingerprint density at radius 2 is 2.19 bits per heavy atom. The predicted molar refractivity (Wildman–Crippen MR) is 65.0 cm³/mol. The topological polar surface area (TPSA) is 42.4 Å². The molecule has 0 radical (unpaired) electrons. The van der Waals surface area contributed by atoms with Crippen molar-refractivity contribution in [3.05, 3.63) is 34.3 Å². The van der Waals surface area contributed by atoms with Crippen molar-refractivity contribution >= 4 is 22.9 Å². The minimum atomic E-state index is -0.0916. The van der Waals surface area contributed by atoms with E-state index in [4.69, 9.17) is 21.4 Å². The Hall–Kier alpha value is -1.10. The molecule has 0 saturated carbocycles. The Kier molecular flexibility index (Phi) is 3.43. The van der Waals surface area contributed by atoms with Crippen molar-refractivity contribution in [1.29, 1.82) is 0 Å². The van der Waals surface area contributed by atoms with Gasteiger partial charge in [0, 0.05) is 0 Å². The standard InChI is InChI=1S/C11H10ClNO2S/c1-15-8-5-3-2-4-7(8)11-13-10(12)9(6-14)16-11/h2-5,14H,6H2,1H3. The molecule has 0 aliphatic heterocycles. The summed E-state index contributed by atoms with van der Waals surface area (Å²) in [4.78, 5) is 4.87. The minimum Gasteiger partial charge on any atom is -0.496 e. The number of aliphatic hydroxyl groups excluding tert-OH is 1. The number of hydrogen-bond acceptors (Lipinski definition) is 4. The van der Waals surface area contributed by atoms with Gasteiger partial charge in [-0.1, -0.05) is 23.7 Å². The maximum Gasteiger partial charge on any atom is 0.146 e. The van der Waals surface area contributed by atoms with Gasteiger partial charge in [0.25, 0.3) is 0 Å². The number of benzene rings is 1. The maximum atomic E-state index is 9.06. The van der Waals surface area contributed by atoms with Gasteiger partial charge in [0.1, 0.15) is 15.9 Å². The van der Waals surface area contributed by atoms with Gasteiger partial charge in [0.15, 0.2) is 0 Å². The van der Waals surface area contributed by atoms with Gasteiger partial charge in [-0.15, -0.1) is 11.3 Å². The third-order valence-electron chi connectivity index (χ3n) is 2.13. The number of rotatable bonds is 3. The molecule has 2 rings (SSSR count). The molecule has 0 atom stereocenters. The minimum absolute atomic E-state index is 0.0916. The molecule has 1 aromatic heterocycles. The molecule has 1 aromatic carbocycles. The summed E-state index contributed by atoms with van der Waals surface area (Å²) in [6, 6.07) is 7.58. The monoisotopic (exact) mass is 255 g/mol. The van der Waals surface area contributed by atoms with Gasteiger partial charge in [0.2, 0.25) is 0 Å². The van der Waals surface area contributed by atoms with E-state index in [2.05, 4.69) is 4.98 Å². The van der Waals surface area contributed by atoms with E-state index >= 15 is 0 Å². The van der Waals surface area contributed by atoms with Crippen LogP contribution in [0.4, 0.5) is 0 Å². The highest BCUT2D eigenvalue weighted by atomic mass is 35.5. The zero-order valence-electron chi connectivity index (χ0n) is 8.61. The smallest absolute Gasteiger partial charge is 0.146 e. The van der Waals surface area contributed by atoms with Gasteiger partial charge < -0.3 is 9.84 Å². The lowest BCUT2D eigenvalue weighted by Gasteiger charge is -2.04. The van der Waals surface area contributed by atoms with E-state index in [9.17, 15) is 0 Å². The van der Waals surface area contributed by atoms with Gasteiger partial charge in [0.05, 0.1) is 24.2 Å². The van der Waals surface area contributed by atoms with Crippen molar-refractivity contribution < 1.29 is 9.84 Å². The van der Waals surface area contributed by atoms with E-state index in [1.807, 2.05) is 24.3 Å². The van der Waals surface area contributed by atoms with Crippen LogP contribution >= 0.6 is 22.9 Å². The number of hydrogen-bond donors (Lipinski definition) is 1. The summed E-state index contributed by atoms with van der Waals surface area (Å²) >= 11 is 7.26. The number of para-hydroxylation sites is 1. The van der Waals surface area contributed by atoms with E-state index < -0.39 is 0 Å². The van der Waals surface area contributed by atoms with Gasteiger partial charge in [-0.05, 0) is 12.1 Å². The van der Waals surface area contributed by atoms with Gasteiger partial charge in [-0.25, -0.2) is 4.98 Å². The number of halogens is 1.